The van der Waals surface area contributed by atoms with E-state index in [9.17, 15) is 19.2 Å². The van der Waals surface area contributed by atoms with Gasteiger partial charge in [-0.3, -0.25) is 19.2 Å². The molecule has 29 heavy (non-hydrogen) atoms. The van der Waals surface area contributed by atoms with E-state index < -0.39 is 17.9 Å². The zero-order chi connectivity index (χ0) is 22.2. The van der Waals surface area contributed by atoms with Crippen molar-refractivity contribution in [3.63, 3.8) is 0 Å². The highest BCUT2D eigenvalue weighted by atomic mass is 16.4. The Morgan fingerprint density at radius 1 is 0.966 bits per heavy atom. The lowest BCUT2D eigenvalue weighted by Gasteiger charge is -2.19. The van der Waals surface area contributed by atoms with E-state index in [1.807, 2.05) is 14.0 Å². The van der Waals surface area contributed by atoms with E-state index in [-0.39, 0.29) is 37.0 Å². The van der Waals surface area contributed by atoms with Crippen molar-refractivity contribution in [2.45, 2.75) is 64.8 Å². The third kappa shape index (κ3) is 13.8. The van der Waals surface area contributed by atoms with E-state index in [2.05, 4.69) is 15.5 Å². The van der Waals surface area contributed by atoms with Gasteiger partial charge in [0, 0.05) is 31.8 Å². The fourth-order valence-electron chi connectivity index (χ4n) is 2.73. The smallest absolute Gasteiger partial charge is 0.303 e. The number of hydrogen-bond donors (Lipinski definition) is 4. The summed E-state index contributed by atoms with van der Waals surface area (Å²) in [4.78, 5) is 48.5. The van der Waals surface area contributed by atoms with E-state index in [0.717, 1.165) is 19.4 Å². The summed E-state index contributed by atoms with van der Waals surface area (Å²) in [6, 6.07) is -0.623. The van der Waals surface area contributed by atoms with Crippen LogP contribution in [0.4, 0.5) is 0 Å². The summed E-state index contributed by atoms with van der Waals surface area (Å²) < 4.78 is 0. The lowest BCUT2D eigenvalue weighted by atomic mass is 9.98. The van der Waals surface area contributed by atoms with Gasteiger partial charge in [0.1, 0.15) is 0 Å². The predicted molar refractivity (Wildman–Crippen MR) is 111 cm³/mol. The minimum absolute atomic E-state index is 0.0867. The molecule has 0 aliphatic carbocycles. The van der Waals surface area contributed by atoms with Crippen LogP contribution in [0.2, 0.25) is 0 Å². The topological polar surface area (TPSA) is 142 Å². The summed E-state index contributed by atoms with van der Waals surface area (Å²) in [6.07, 6.45) is 3.78. The number of aliphatic carboxylic acids is 1. The summed E-state index contributed by atoms with van der Waals surface area (Å²) in [5.41, 5.74) is 5.60. The van der Waals surface area contributed by atoms with Crippen LogP contribution in [0.5, 0.6) is 0 Å². The standard InChI is InChI=1S/C20H38N4O5/c1-4-15(13-16(25)14-23-20(29)17(21)5-2)19(28)22-10-12-24(3)11-8-6-7-9-18(26)27/h15,17H,4-14,21H2,1-3H3,(H,22,28)(H,23,29)(H,26,27). The number of carbonyl (C=O) groups excluding carboxylic acids is 3. The molecule has 9 heteroatoms. The minimum Gasteiger partial charge on any atom is -0.481 e. The number of nitrogens with two attached hydrogens (primary N) is 1. The van der Waals surface area contributed by atoms with Gasteiger partial charge in [0.25, 0.3) is 0 Å². The normalized spacial score (nSPS) is 13.0. The molecule has 0 aromatic carbocycles. The zero-order valence-electron chi connectivity index (χ0n) is 18.0. The average molecular weight is 415 g/mol. The maximum absolute atomic E-state index is 12.3. The number of nitrogens with zero attached hydrogens (tertiary/aromatic N) is 1. The van der Waals surface area contributed by atoms with Crippen molar-refractivity contribution in [2.24, 2.45) is 11.7 Å². The van der Waals surface area contributed by atoms with Gasteiger partial charge >= 0.3 is 5.97 Å². The van der Waals surface area contributed by atoms with Gasteiger partial charge in [-0.25, -0.2) is 0 Å². The van der Waals surface area contributed by atoms with Crippen LogP contribution in [0.25, 0.3) is 0 Å². The van der Waals surface area contributed by atoms with Crippen LogP contribution in [0.3, 0.4) is 0 Å². The van der Waals surface area contributed by atoms with Crippen molar-refractivity contribution >= 4 is 23.6 Å². The molecule has 0 aromatic rings. The SMILES string of the molecule is CCC(N)C(=O)NCC(=O)CC(CC)C(=O)NCCN(C)CCCCCC(=O)O. The fraction of sp³-hybridized carbons (Fsp3) is 0.800. The number of amides is 2. The molecule has 168 valence electrons. The number of unbranched alkanes of at least 4 members (excludes halogenated alkanes) is 2. The van der Waals surface area contributed by atoms with Gasteiger partial charge in [-0.05, 0) is 39.3 Å². The van der Waals surface area contributed by atoms with Crippen LogP contribution in [-0.4, -0.2) is 72.8 Å². The second-order valence-electron chi connectivity index (χ2n) is 7.38. The van der Waals surface area contributed by atoms with Gasteiger partial charge in [-0.15, -0.1) is 0 Å². The molecule has 0 saturated carbocycles. The molecule has 0 fully saturated rings. The summed E-state index contributed by atoms with van der Waals surface area (Å²) >= 11 is 0. The van der Waals surface area contributed by atoms with E-state index in [4.69, 9.17) is 10.8 Å². The van der Waals surface area contributed by atoms with E-state index >= 15 is 0 Å². The number of hydrogen-bond acceptors (Lipinski definition) is 6. The molecule has 2 atom stereocenters. The van der Waals surface area contributed by atoms with Crippen molar-refractivity contribution in [3.05, 3.63) is 0 Å². The van der Waals surface area contributed by atoms with Crippen LogP contribution < -0.4 is 16.4 Å². The first kappa shape index (κ1) is 27.0. The summed E-state index contributed by atoms with van der Waals surface area (Å²) in [5, 5.41) is 14.0. The first-order chi connectivity index (χ1) is 13.7. The predicted octanol–water partition coefficient (Wildman–Crippen LogP) is 0.518. The van der Waals surface area contributed by atoms with Gasteiger partial charge in [-0.2, -0.15) is 0 Å². The number of carbonyl (C=O) groups is 4. The third-order valence-electron chi connectivity index (χ3n) is 4.80. The highest BCUT2D eigenvalue weighted by molar-refractivity contribution is 5.91. The molecule has 0 bridgehead atoms. The second-order valence-corrected chi connectivity index (χ2v) is 7.38. The number of rotatable bonds is 17. The van der Waals surface area contributed by atoms with E-state index in [0.29, 0.717) is 32.4 Å². The Labute approximate surface area is 173 Å². The molecular weight excluding hydrogens is 376 g/mol. The number of carboxylic acid groups (broad SMARTS) is 1. The molecule has 9 nitrogen and oxygen atoms in total. The Kier molecular flexibility index (Phi) is 14.8. The Balaban J connectivity index is 4.05. The molecule has 0 heterocycles. The lowest BCUT2D eigenvalue weighted by molar-refractivity contribution is -0.137. The minimum atomic E-state index is -0.767. The molecule has 2 unspecified atom stereocenters. The van der Waals surface area contributed by atoms with Crippen molar-refractivity contribution in [3.8, 4) is 0 Å². The molecule has 0 spiro atoms. The van der Waals surface area contributed by atoms with Crippen LogP contribution in [0, 0.1) is 5.92 Å². The Bertz CT molecular complexity index is 527. The van der Waals surface area contributed by atoms with Crippen LogP contribution in [0.1, 0.15) is 58.8 Å². The van der Waals surface area contributed by atoms with Crippen LogP contribution >= 0.6 is 0 Å². The number of ketones is 1. The first-order valence-electron chi connectivity index (χ1n) is 10.4. The van der Waals surface area contributed by atoms with Gasteiger partial charge < -0.3 is 26.4 Å². The van der Waals surface area contributed by atoms with E-state index in [1.165, 1.54) is 0 Å². The second kappa shape index (κ2) is 15.9. The Morgan fingerprint density at radius 2 is 1.66 bits per heavy atom. The zero-order valence-corrected chi connectivity index (χ0v) is 18.0. The molecule has 0 aromatic heterocycles. The largest absolute Gasteiger partial charge is 0.481 e. The quantitative estimate of drug-likeness (QED) is 0.254. The number of Topliss-reactive ketones (excluding diaryl/α,β-unsaturated/α-hetero) is 1. The van der Waals surface area contributed by atoms with Gasteiger partial charge in [0.2, 0.25) is 11.8 Å². The van der Waals surface area contributed by atoms with Gasteiger partial charge in [-0.1, -0.05) is 20.3 Å². The number of likely N-dealkylation sites (N-methyl/N-ethyl adjacent to an activating group) is 1. The fourth-order valence-corrected chi connectivity index (χ4v) is 2.73. The third-order valence-corrected chi connectivity index (χ3v) is 4.80. The van der Waals surface area contributed by atoms with Crippen molar-refractivity contribution < 1.29 is 24.3 Å². The number of carboxylic acids is 1. The monoisotopic (exact) mass is 414 g/mol. The highest BCUT2D eigenvalue weighted by Crippen LogP contribution is 2.09. The van der Waals surface area contributed by atoms with Gasteiger partial charge in [0.05, 0.1) is 12.6 Å². The molecule has 2 amide bonds. The number of nitrogens with one attached hydrogen (secondary N) is 2. The maximum Gasteiger partial charge on any atom is 0.303 e. The summed E-state index contributed by atoms with van der Waals surface area (Å²) in [7, 11) is 1.95. The summed E-state index contributed by atoms with van der Waals surface area (Å²) in [6.45, 7) is 5.54. The molecule has 5 N–H and O–H groups in total. The van der Waals surface area contributed by atoms with Crippen LogP contribution in [0.15, 0.2) is 0 Å². The van der Waals surface area contributed by atoms with Gasteiger partial charge in [0.15, 0.2) is 5.78 Å². The first-order valence-corrected chi connectivity index (χ1v) is 10.4. The van der Waals surface area contributed by atoms with Crippen molar-refractivity contribution in [1.82, 2.24) is 15.5 Å². The maximum atomic E-state index is 12.3. The Morgan fingerprint density at radius 3 is 2.24 bits per heavy atom. The molecule has 0 rings (SSSR count). The molecule has 0 aliphatic heterocycles. The molecule has 0 radical (unpaired) electrons. The lowest BCUT2D eigenvalue weighted by Crippen LogP contribution is -2.43. The molecular formula is C20H38N4O5. The molecule has 0 aliphatic rings. The highest BCUT2D eigenvalue weighted by Gasteiger charge is 2.20. The Hall–Kier alpha value is -2.00. The van der Waals surface area contributed by atoms with Crippen molar-refractivity contribution in [1.29, 1.82) is 0 Å². The van der Waals surface area contributed by atoms with Crippen LogP contribution in [-0.2, 0) is 19.2 Å². The molecule has 0 saturated heterocycles. The van der Waals surface area contributed by atoms with Crippen molar-refractivity contribution in [2.75, 3.05) is 33.2 Å². The van der Waals surface area contributed by atoms with E-state index in [1.54, 1.807) is 6.92 Å². The summed E-state index contributed by atoms with van der Waals surface area (Å²) in [5.74, 6) is -1.89. The average Bonchev–Trinajstić information content (AvgIpc) is 2.68.